The molecule has 1 aliphatic carbocycles. The zero-order valence-corrected chi connectivity index (χ0v) is 13.7. The second-order valence-electron chi connectivity index (χ2n) is 6.80. The summed E-state index contributed by atoms with van der Waals surface area (Å²) >= 11 is 0. The maximum Gasteiger partial charge on any atom is 0.259 e. The predicted molar refractivity (Wildman–Crippen MR) is 87.1 cm³/mol. The van der Waals surface area contributed by atoms with Gasteiger partial charge in [0.1, 0.15) is 5.56 Å². The van der Waals surface area contributed by atoms with Gasteiger partial charge in [-0.1, -0.05) is 5.16 Å². The first kappa shape index (κ1) is 14.6. The number of rotatable bonds is 3. The number of hydrogen-bond donors (Lipinski definition) is 0. The van der Waals surface area contributed by atoms with E-state index in [1.54, 1.807) is 29.2 Å². The Hall–Kier alpha value is -2.77. The van der Waals surface area contributed by atoms with Crippen LogP contribution in [-0.2, 0) is 0 Å². The molecular formula is C17H18N6O2. The summed E-state index contributed by atoms with van der Waals surface area (Å²) in [6, 6.07) is 1.79. The van der Waals surface area contributed by atoms with Crippen molar-refractivity contribution in [2.24, 2.45) is 0 Å². The first-order chi connectivity index (χ1) is 12.3. The molecule has 5 rings (SSSR count). The summed E-state index contributed by atoms with van der Waals surface area (Å²) in [5, 5.41) is 8.36. The number of carbonyl (C=O) groups is 1. The Balaban J connectivity index is 1.37. The molecule has 25 heavy (non-hydrogen) atoms. The van der Waals surface area contributed by atoms with Gasteiger partial charge >= 0.3 is 0 Å². The number of aromatic nitrogens is 5. The smallest absolute Gasteiger partial charge is 0.259 e. The second-order valence-corrected chi connectivity index (χ2v) is 6.80. The topological polar surface area (TPSA) is 89.4 Å². The van der Waals surface area contributed by atoms with Crippen molar-refractivity contribution in [2.45, 2.75) is 37.5 Å². The number of piperidine rings is 1. The van der Waals surface area contributed by atoms with E-state index in [0.29, 0.717) is 23.7 Å². The predicted octanol–water partition coefficient (Wildman–Crippen LogP) is 2.01. The summed E-state index contributed by atoms with van der Waals surface area (Å²) in [4.78, 5) is 23.6. The normalized spacial score (nSPS) is 21.0. The summed E-state index contributed by atoms with van der Waals surface area (Å²) in [5.41, 5.74) is 1.12. The molecule has 1 unspecified atom stereocenters. The lowest BCUT2D eigenvalue weighted by Crippen LogP contribution is -2.39. The zero-order valence-electron chi connectivity index (χ0n) is 13.7. The maximum absolute atomic E-state index is 12.9. The van der Waals surface area contributed by atoms with E-state index in [9.17, 15) is 4.79 Å². The molecule has 0 spiro atoms. The SMILES string of the molecule is O=C(c1cnn2cccnc12)N1CCCC(c2noc(C3CC3)n2)C1. The Bertz CT molecular complexity index is 928. The van der Waals surface area contributed by atoms with Gasteiger partial charge < -0.3 is 9.42 Å². The third-order valence-electron chi connectivity index (χ3n) is 4.97. The van der Waals surface area contributed by atoms with Crippen molar-refractivity contribution < 1.29 is 9.32 Å². The quantitative estimate of drug-likeness (QED) is 0.726. The van der Waals surface area contributed by atoms with Gasteiger partial charge in [-0.3, -0.25) is 4.79 Å². The molecule has 8 nitrogen and oxygen atoms in total. The number of amides is 1. The average molecular weight is 338 g/mol. The fourth-order valence-electron chi connectivity index (χ4n) is 3.43. The molecule has 128 valence electrons. The van der Waals surface area contributed by atoms with E-state index < -0.39 is 0 Å². The molecule has 1 aliphatic heterocycles. The van der Waals surface area contributed by atoms with Crippen LogP contribution in [0.1, 0.15) is 59.6 Å². The summed E-state index contributed by atoms with van der Waals surface area (Å²) in [6.07, 6.45) is 9.23. The van der Waals surface area contributed by atoms with E-state index in [1.807, 2.05) is 4.90 Å². The molecule has 1 saturated carbocycles. The monoisotopic (exact) mass is 338 g/mol. The van der Waals surface area contributed by atoms with Crippen LogP contribution in [0, 0.1) is 0 Å². The van der Waals surface area contributed by atoms with E-state index in [2.05, 4.69) is 20.2 Å². The molecule has 0 radical (unpaired) electrons. The molecule has 8 heteroatoms. The minimum absolute atomic E-state index is 0.0377. The Morgan fingerprint density at radius 3 is 3.04 bits per heavy atom. The van der Waals surface area contributed by atoms with Gasteiger partial charge in [0.15, 0.2) is 11.5 Å². The summed E-state index contributed by atoms with van der Waals surface area (Å²) < 4.78 is 7.00. The van der Waals surface area contributed by atoms with Crippen molar-refractivity contribution in [3.63, 3.8) is 0 Å². The van der Waals surface area contributed by atoms with E-state index in [-0.39, 0.29) is 11.8 Å². The van der Waals surface area contributed by atoms with Crippen molar-refractivity contribution in [2.75, 3.05) is 13.1 Å². The van der Waals surface area contributed by atoms with E-state index in [0.717, 1.165) is 43.9 Å². The molecule has 3 aromatic heterocycles. The molecule has 2 fully saturated rings. The Morgan fingerprint density at radius 2 is 2.16 bits per heavy atom. The summed E-state index contributed by atoms with van der Waals surface area (Å²) in [5.74, 6) is 2.03. The van der Waals surface area contributed by atoms with Gasteiger partial charge in [-0.15, -0.1) is 0 Å². The van der Waals surface area contributed by atoms with Crippen molar-refractivity contribution in [1.82, 2.24) is 29.6 Å². The van der Waals surface area contributed by atoms with Gasteiger partial charge in [-0.2, -0.15) is 10.1 Å². The minimum atomic E-state index is -0.0377. The molecule has 0 aromatic carbocycles. The van der Waals surface area contributed by atoms with Crippen LogP contribution in [0.4, 0.5) is 0 Å². The van der Waals surface area contributed by atoms with Gasteiger partial charge in [0.25, 0.3) is 5.91 Å². The lowest BCUT2D eigenvalue weighted by molar-refractivity contribution is 0.0705. The van der Waals surface area contributed by atoms with E-state index >= 15 is 0 Å². The second kappa shape index (κ2) is 5.65. The Kier molecular flexibility index (Phi) is 3.29. The van der Waals surface area contributed by atoms with Crippen LogP contribution in [0.15, 0.2) is 29.2 Å². The van der Waals surface area contributed by atoms with Gasteiger partial charge in [0.2, 0.25) is 5.89 Å². The van der Waals surface area contributed by atoms with Crippen molar-refractivity contribution in [3.05, 3.63) is 41.9 Å². The van der Waals surface area contributed by atoms with Crippen molar-refractivity contribution >= 4 is 11.6 Å². The highest BCUT2D eigenvalue weighted by Gasteiger charge is 2.33. The van der Waals surface area contributed by atoms with Crippen molar-refractivity contribution in [3.8, 4) is 0 Å². The molecule has 1 saturated heterocycles. The van der Waals surface area contributed by atoms with Crippen LogP contribution in [0.25, 0.3) is 5.65 Å². The number of fused-ring (bicyclic) bond motifs is 1. The van der Waals surface area contributed by atoms with Gasteiger partial charge in [-0.25, -0.2) is 9.50 Å². The highest BCUT2D eigenvalue weighted by molar-refractivity contribution is 5.99. The number of likely N-dealkylation sites (tertiary alicyclic amines) is 1. The molecule has 2 aliphatic rings. The first-order valence-electron chi connectivity index (χ1n) is 8.71. The molecular weight excluding hydrogens is 320 g/mol. The van der Waals surface area contributed by atoms with Gasteiger partial charge in [0.05, 0.1) is 6.20 Å². The Labute approximate surface area is 143 Å². The lowest BCUT2D eigenvalue weighted by Gasteiger charge is -2.31. The number of carbonyl (C=O) groups excluding carboxylic acids is 1. The number of hydrogen-bond acceptors (Lipinski definition) is 6. The molecule has 1 atom stereocenters. The highest BCUT2D eigenvalue weighted by Crippen LogP contribution is 2.39. The van der Waals surface area contributed by atoms with Crippen LogP contribution in [0.3, 0.4) is 0 Å². The van der Waals surface area contributed by atoms with E-state index in [4.69, 9.17) is 4.52 Å². The largest absolute Gasteiger partial charge is 0.339 e. The number of nitrogens with zero attached hydrogens (tertiary/aromatic N) is 6. The first-order valence-corrected chi connectivity index (χ1v) is 8.71. The molecule has 4 heterocycles. The average Bonchev–Trinajstić information content (AvgIpc) is 3.23. The lowest BCUT2D eigenvalue weighted by atomic mass is 9.97. The molecule has 0 N–H and O–H groups in total. The zero-order chi connectivity index (χ0) is 16.8. The third kappa shape index (κ3) is 2.57. The van der Waals surface area contributed by atoms with Gasteiger partial charge in [0, 0.05) is 37.3 Å². The van der Waals surface area contributed by atoms with E-state index in [1.165, 1.54) is 0 Å². The van der Waals surface area contributed by atoms with Crippen LogP contribution < -0.4 is 0 Å². The molecule has 1 amide bonds. The minimum Gasteiger partial charge on any atom is -0.339 e. The third-order valence-corrected chi connectivity index (χ3v) is 4.97. The maximum atomic E-state index is 12.9. The molecule has 3 aromatic rings. The van der Waals surface area contributed by atoms with Crippen LogP contribution in [-0.4, -0.2) is 48.6 Å². The fourth-order valence-corrected chi connectivity index (χ4v) is 3.43. The van der Waals surface area contributed by atoms with Crippen LogP contribution in [0.2, 0.25) is 0 Å². The fraction of sp³-hybridized carbons (Fsp3) is 0.471. The Morgan fingerprint density at radius 1 is 1.24 bits per heavy atom. The van der Waals surface area contributed by atoms with Crippen molar-refractivity contribution in [1.29, 1.82) is 0 Å². The standard InChI is InChI=1S/C17H18N6O2/c24-17(13-9-19-23-8-2-6-18-15(13)23)22-7-1-3-12(10-22)14-20-16(25-21-14)11-4-5-11/h2,6,8-9,11-12H,1,3-5,7,10H2. The highest BCUT2D eigenvalue weighted by atomic mass is 16.5. The van der Waals surface area contributed by atoms with Gasteiger partial charge in [-0.05, 0) is 31.7 Å². The summed E-state index contributed by atoms with van der Waals surface area (Å²) in [6.45, 7) is 1.33. The van der Waals surface area contributed by atoms with Crippen LogP contribution >= 0.6 is 0 Å². The summed E-state index contributed by atoms with van der Waals surface area (Å²) in [7, 11) is 0. The molecule has 0 bridgehead atoms. The van der Waals surface area contributed by atoms with Crippen LogP contribution in [0.5, 0.6) is 0 Å².